The maximum Gasteiger partial charge on any atom is 0.319 e. The summed E-state index contributed by atoms with van der Waals surface area (Å²) in [6, 6.07) is 1.79. The van der Waals surface area contributed by atoms with Gasteiger partial charge in [0.15, 0.2) is 0 Å². The lowest BCUT2D eigenvalue weighted by Crippen LogP contribution is -2.30. The Kier molecular flexibility index (Phi) is 4.68. The van der Waals surface area contributed by atoms with Crippen molar-refractivity contribution < 1.29 is 4.79 Å². The molecule has 0 saturated heterocycles. The average molecular weight is 290 g/mol. The zero-order valence-corrected chi connectivity index (χ0v) is 12.7. The minimum Gasteiger partial charge on any atom is -0.338 e. The highest BCUT2D eigenvalue weighted by Gasteiger charge is 2.10. The second-order valence-electron chi connectivity index (χ2n) is 4.63. The van der Waals surface area contributed by atoms with E-state index in [1.54, 1.807) is 6.20 Å². The van der Waals surface area contributed by atoms with Gasteiger partial charge in [0.25, 0.3) is 0 Å². The molecular weight excluding hydrogens is 272 g/mol. The molecule has 0 aromatic carbocycles. The number of amides is 2. The van der Waals surface area contributed by atoms with Crippen LogP contribution < -0.4 is 10.6 Å². The molecule has 20 heavy (non-hydrogen) atoms. The van der Waals surface area contributed by atoms with E-state index in [9.17, 15) is 4.79 Å². The first-order valence-electron chi connectivity index (χ1n) is 6.45. The highest BCUT2D eigenvalue weighted by molar-refractivity contribution is 7.06. The number of rotatable bonds is 4. The summed E-state index contributed by atoms with van der Waals surface area (Å²) in [4.78, 5) is 16.9. The van der Waals surface area contributed by atoms with Gasteiger partial charge in [0.1, 0.15) is 0 Å². The van der Waals surface area contributed by atoms with Crippen molar-refractivity contribution in [1.29, 1.82) is 0 Å². The van der Waals surface area contributed by atoms with Crippen molar-refractivity contribution in [3.63, 3.8) is 0 Å². The third-order valence-electron chi connectivity index (χ3n) is 3.09. The maximum atomic E-state index is 11.8. The van der Waals surface area contributed by atoms with Crippen LogP contribution in [0.15, 0.2) is 18.5 Å². The predicted molar refractivity (Wildman–Crippen MR) is 81.3 cm³/mol. The minimum atomic E-state index is -0.192. The second kappa shape index (κ2) is 6.47. The van der Waals surface area contributed by atoms with E-state index in [4.69, 9.17) is 0 Å². The Bertz CT molecular complexity index is 589. The van der Waals surface area contributed by atoms with E-state index >= 15 is 0 Å². The minimum absolute atomic E-state index is 0.192. The van der Waals surface area contributed by atoms with Crippen molar-refractivity contribution in [3.8, 4) is 0 Å². The number of urea groups is 1. The molecule has 0 unspecified atom stereocenters. The Labute approximate surface area is 122 Å². The molecule has 0 atom stereocenters. The molecule has 5 nitrogen and oxygen atoms in total. The number of carbonyl (C=O) groups is 1. The van der Waals surface area contributed by atoms with Gasteiger partial charge >= 0.3 is 6.03 Å². The van der Waals surface area contributed by atoms with Crippen molar-refractivity contribution in [2.75, 3.05) is 11.9 Å². The average Bonchev–Trinajstić information content (AvgIpc) is 2.73. The largest absolute Gasteiger partial charge is 0.338 e. The van der Waals surface area contributed by atoms with E-state index in [1.165, 1.54) is 17.1 Å². The molecule has 0 bridgehead atoms. The van der Waals surface area contributed by atoms with Gasteiger partial charge in [0.2, 0.25) is 0 Å². The van der Waals surface area contributed by atoms with Gasteiger partial charge < -0.3 is 10.6 Å². The highest BCUT2D eigenvalue weighted by atomic mass is 32.1. The van der Waals surface area contributed by atoms with E-state index in [0.29, 0.717) is 6.54 Å². The number of aromatic nitrogens is 2. The van der Waals surface area contributed by atoms with E-state index in [2.05, 4.69) is 20.0 Å². The number of nitrogens with one attached hydrogen (secondary N) is 2. The molecular formula is C14H18N4OS. The molecule has 2 heterocycles. The van der Waals surface area contributed by atoms with Crippen molar-refractivity contribution in [3.05, 3.63) is 40.2 Å². The lowest BCUT2D eigenvalue weighted by Gasteiger charge is -2.09. The van der Waals surface area contributed by atoms with Gasteiger partial charge in [-0.15, -0.1) is 0 Å². The molecule has 0 fully saturated rings. The second-order valence-corrected chi connectivity index (χ2v) is 5.61. The fourth-order valence-corrected chi connectivity index (χ4v) is 2.57. The summed E-state index contributed by atoms with van der Waals surface area (Å²) < 4.78 is 4.20. The number of hydrogen-bond acceptors (Lipinski definition) is 4. The first-order valence-corrected chi connectivity index (χ1v) is 7.22. The standard InChI is InChI=1S/C14H18N4OS/c1-9-8-15-6-4-12(9)5-7-16-14(19)17-13-10(2)18-20-11(13)3/h4,6,8H,5,7H2,1-3H3,(H2,16,17,19). The number of nitrogens with zero attached hydrogens (tertiary/aromatic N) is 2. The van der Waals surface area contributed by atoms with Gasteiger partial charge in [-0.3, -0.25) is 4.98 Å². The van der Waals surface area contributed by atoms with Crippen molar-refractivity contribution in [2.45, 2.75) is 27.2 Å². The number of pyridine rings is 1. The third-order valence-corrected chi connectivity index (χ3v) is 3.93. The van der Waals surface area contributed by atoms with E-state index in [1.807, 2.05) is 33.0 Å². The molecule has 2 N–H and O–H groups in total. The summed E-state index contributed by atoms with van der Waals surface area (Å²) in [6.07, 6.45) is 4.40. The van der Waals surface area contributed by atoms with Crippen LogP contribution >= 0.6 is 11.5 Å². The zero-order chi connectivity index (χ0) is 14.5. The van der Waals surface area contributed by atoms with Crippen molar-refractivity contribution in [1.82, 2.24) is 14.7 Å². The maximum absolute atomic E-state index is 11.8. The fourth-order valence-electron chi connectivity index (χ4n) is 1.91. The molecule has 0 aliphatic heterocycles. The predicted octanol–water partition coefficient (Wildman–Crippen LogP) is 2.83. The van der Waals surface area contributed by atoms with E-state index in [-0.39, 0.29) is 6.03 Å². The quantitative estimate of drug-likeness (QED) is 0.910. The van der Waals surface area contributed by atoms with Crippen LogP contribution in [0.5, 0.6) is 0 Å². The first-order chi connectivity index (χ1) is 9.58. The van der Waals surface area contributed by atoms with E-state index < -0.39 is 0 Å². The number of hydrogen-bond donors (Lipinski definition) is 2. The Morgan fingerprint density at radius 3 is 2.80 bits per heavy atom. The summed E-state index contributed by atoms with van der Waals surface area (Å²) in [6.45, 7) is 6.44. The molecule has 0 radical (unpaired) electrons. The summed E-state index contributed by atoms with van der Waals surface area (Å²) >= 11 is 1.40. The van der Waals surface area contributed by atoms with Gasteiger partial charge in [-0.25, -0.2) is 4.79 Å². The molecule has 0 aliphatic carbocycles. The van der Waals surface area contributed by atoms with E-state index in [0.717, 1.165) is 28.2 Å². The number of aryl methyl sites for hydroxylation is 3. The van der Waals surface area contributed by atoms with Crippen LogP contribution in [0.25, 0.3) is 0 Å². The monoisotopic (exact) mass is 290 g/mol. The lowest BCUT2D eigenvalue weighted by molar-refractivity contribution is 0.252. The molecule has 0 saturated carbocycles. The van der Waals surface area contributed by atoms with Gasteiger partial charge in [-0.05, 0) is 55.9 Å². The molecule has 106 valence electrons. The smallest absolute Gasteiger partial charge is 0.319 e. The molecule has 2 rings (SSSR count). The van der Waals surface area contributed by atoms with Gasteiger partial charge in [-0.2, -0.15) is 4.37 Å². The van der Waals surface area contributed by atoms with Crippen molar-refractivity contribution in [2.24, 2.45) is 0 Å². The van der Waals surface area contributed by atoms with Gasteiger partial charge in [0, 0.05) is 23.8 Å². The van der Waals surface area contributed by atoms with Crippen LogP contribution in [0.4, 0.5) is 10.5 Å². The lowest BCUT2D eigenvalue weighted by atomic mass is 10.1. The number of anilines is 1. The van der Waals surface area contributed by atoms with Crippen LogP contribution in [0.3, 0.4) is 0 Å². The Balaban J connectivity index is 1.83. The Hall–Kier alpha value is -1.95. The zero-order valence-electron chi connectivity index (χ0n) is 11.9. The summed E-state index contributed by atoms with van der Waals surface area (Å²) in [5.41, 5.74) is 4.01. The van der Waals surface area contributed by atoms with Gasteiger partial charge in [0.05, 0.1) is 11.4 Å². The fraction of sp³-hybridized carbons (Fsp3) is 0.357. The van der Waals surface area contributed by atoms with Crippen LogP contribution in [-0.4, -0.2) is 21.9 Å². The topological polar surface area (TPSA) is 66.9 Å². The van der Waals surface area contributed by atoms with Crippen LogP contribution in [0.1, 0.15) is 21.7 Å². The highest BCUT2D eigenvalue weighted by Crippen LogP contribution is 2.22. The SMILES string of the molecule is Cc1cnccc1CCNC(=O)Nc1c(C)nsc1C. The summed E-state index contributed by atoms with van der Waals surface area (Å²) in [5, 5.41) is 5.70. The molecule has 2 amide bonds. The first kappa shape index (κ1) is 14.5. The molecule has 2 aromatic heterocycles. The normalized spacial score (nSPS) is 10.3. The Morgan fingerprint density at radius 1 is 1.35 bits per heavy atom. The van der Waals surface area contributed by atoms with Crippen molar-refractivity contribution >= 4 is 23.3 Å². The summed E-state index contributed by atoms with van der Waals surface area (Å²) in [5.74, 6) is 0. The molecule has 0 aliphatic rings. The Morgan fingerprint density at radius 2 is 2.15 bits per heavy atom. The third kappa shape index (κ3) is 3.54. The number of carbonyl (C=O) groups excluding carboxylic acids is 1. The van der Waals surface area contributed by atoms with Crippen LogP contribution in [0.2, 0.25) is 0 Å². The molecule has 2 aromatic rings. The molecule has 6 heteroatoms. The van der Waals surface area contributed by atoms with Crippen LogP contribution in [0, 0.1) is 20.8 Å². The molecule has 0 spiro atoms. The van der Waals surface area contributed by atoms with Gasteiger partial charge in [-0.1, -0.05) is 0 Å². The summed E-state index contributed by atoms with van der Waals surface area (Å²) in [7, 11) is 0. The van der Waals surface area contributed by atoms with Crippen LogP contribution in [-0.2, 0) is 6.42 Å².